The van der Waals surface area contributed by atoms with Gasteiger partial charge in [-0.25, -0.2) is 0 Å². The Kier molecular flexibility index (Phi) is 4.18. The molecule has 17 heavy (non-hydrogen) atoms. The number of nitrogens with two attached hydrogens (primary N) is 1. The maximum Gasteiger partial charge on any atom is 0.0524 e. The number of hydrogen-bond donors (Lipinski definition) is 1. The highest BCUT2D eigenvalue weighted by molar-refractivity contribution is 5.01. The smallest absolute Gasteiger partial charge is 0.0524 e. The highest BCUT2D eigenvalue weighted by Crippen LogP contribution is 2.20. The maximum absolute atomic E-state index is 6.14. The predicted molar refractivity (Wildman–Crippen MR) is 69.6 cm³/mol. The predicted octanol–water partition coefficient (Wildman–Crippen LogP) is 1.46. The van der Waals surface area contributed by atoms with Gasteiger partial charge >= 0.3 is 0 Å². The Balaban J connectivity index is 1.95. The van der Waals surface area contributed by atoms with Gasteiger partial charge in [0.05, 0.1) is 5.69 Å². The molecule has 0 aromatic carbocycles. The summed E-state index contributed by atoms with van der Waals surface area (Å²) in [4.78, 5) is 2.51. The summed E-state index contributed by atoms with van der Waals surface area (Å²) in [5.41, 5.74) is 7.45. The molecule has 2 atom stereocenters. The summed E-state index contributed by atoms with van der Waals surface area (Å²) in [6.45, 7) is 8.59. The zero-order valence-corrected chi connectivity index (χ0v) is 11.0. The highest BCUT2D eigenvalue weighted by atomic mass is 15.3. The van der Waals surface area contributed by atoms with Crippen molar-refractivity contribution in [3.63, 3.8) is 0 Å². The third kappa shape index (κ3) is 2.87. The van der Waals surface area contributed by atoms with Crippen LogP contribution in [0.4, 0.5) is 0 Å². The minimum atomic E-state index is 0.396. The zero-order chi connectivity index (χ0) is 12.3. The van der Waals surface area contributed by atoms with Gasteiger partial charge in [-0.05, 0) is 25.3 Å². The molecule has 4 heteroatoms. The Morgan fingerprint density at radius 3 is 3.00 bits per heavy atom. The van der Waals surface area contributed by atoms with Crippen molar-refractivity contribution >= 4 is 0 Å². The Morgan fingerprint density at radius 2 is 2.29 bits per heavy atom. The van der Waals surface area contributed by atoms with Gasteiger partial charge in [0.25, 0.3) is 0 Å². The molecule has 2 N–H and O–H groups in total. The van der Waals surface area contributed by atoms with Crippen LogP contribution in [0, 0.1) is 5.92 Å². The lowest BCUT2D eigenvalue weighted by atomic mass is 9.90. The quantitative estimate of drug-likeness (QED) is 0.861. The average molecular weight is 236 g/mol. The minimum absolute atomic E-state index is 0.396. The second-order valence-electron chi connectivity index (χ2n) is 4.99. The van der Waals surface area contributed by atoms with Gasteiger partial charge in [0, 0.05) is 38.4 Å². The van der Waals surface area contributed by atoms with E-state index in [2.05, 4.69) is 34.6 Å². The van der Waals surface area contributed by atoms with E-state index in [4.69, 9.17) is 5.73 Å². The summed E-state index contributed by atoms with van der Waals surface area (Å²) in [6.07, 6.45) is 4.20. The van der Waals surface area contributed by atoms with Gasteiger partial charge in [-0.1, -0.05) is 13.3 Å². The van der Waals surface area contributed by atoms with Crippen LogP contribution >= 0.6 is 0 Å². The first-order chi connectivity index (χ1) is 8.24. The fraction of sp³-hybridized carbons (Fsp3) is 0.769. The Bertz CT molecular complexity index is 347. The van der Waals surface area contributed by atoms with Gasteiger partial charge in [0.1, 0.15) is 0 Å². The molecule has 1 saturated heterocycles. The van der Waals surface area contributed by atoms with E-state index in [-0.39, 0.29) is 0 Å². The second-order valence-corrected chi connectivity index (χ2v) is 4.99. The van der Waals surface area contributed by atoms with Crippen LogP contribution in [0.15, 0.2) is 12.3 Å². The molecule has 1 fully saturated rings. The van der Waals surface area contributed by atoms with Gasteiger partial charge in [-0.3, -0.25) is 9.58 Å². The number of nitrogens with zero attached hydrogens (tertiary/aromatic N) is 3. The summed E-state index contributed by atoms with van der Waals surface area (Å²) >= 11 is 0. The lowest BCUT2D eigenvalue weighted by Crippen LogP contribution is -2.46. The number of likely N-dealkylation sites (tertiary alicyclic amines) is 1. The van der Waals surface area contributed by atoms with Crippen LogP contribution in [0.3, 0.4) is 0 Å². The van der Waals surface area contributed by atoms with Crippen molar-refractivity contribution in [3.05, 3.63) is 18.0 Å². The van der Waals surface area contributed by atoms with E-state index in [9.17, 15) is 0 Å². The van der Waals surface area contributed by atoms with Crippen LogP contribution in [0.2, 0.25) is 0 Å². The first kappa shape index (κ1) is 12.6. The van der Waals surface area contributed by atoms with Crippen molar-refractivity contribution in [2.24, 2.45) is 11.7 Å². The number of rotatable bonds is 4. The van der Waals surface area contributed by atoms with E-state index < -0.39 is 0 Å². The summed E-state index contributed by atoms with van der Waals surface area (Å²) in [5.74, 6) is 0.654. The van der Waals surface area contributed by atoms with Gasteiger partial charge in [0.2, 0.25) is 0 Å². The molecule has 2 heterocycles. The van der Waals surface area contributed by atoms with Crippen LogP contribution in [0.5, 0.6) is 0 Å². The first-order valence-corrected chi connectivity index (χ1v) is 6.73. The Labute approximate surface area is 104 Å². The molecule has 2 rings (SSSR count). The third-order valence-corrected chi connectivity index (χ3v) is 3.89. The molecule has 96 valence electrons. The highest BCUT2D eigenvalue weighted by Gasteiger charge is 2.25. The lowest BCUT2D eigenvalue weighted by Gasteiger charge is -2.36. The SMILES string of the molecule is CCC1CN(Cc2ccnn2CC)CCC1N. The Hall–Kier alpha value is -0.870. The molecule has 0 bridgehead atoms. The minimum Gasteiger partial charge on any atom is -0.327 e. The summed E-state index contributed by atoms with van der Waals surface area (Å²) < 4.78 is 2.08. The van der Waals surface area contributed by atoms with E-state index in [1.807, 2.05) is 6.20 Å². The number of aromatic nitrogens is 2. The van der Waals surface area contributed by atoms with Crippen LogP contribution < -0.4 is 5.73 Å². The molecule has 1 aliphatic rings. The Morgan fingerprint density at radius 1 is 1.47 bits per heavy atom. The molecular formula is C13H24N4. The van der Waals surface area contributed by atoms with E-state index in [1.54, 1.807) is 0 Å². The molecule has 4 nitrogen and oxygen atoms in total. The molecule has 0 aliphatic carbocycles. The molecule has 1 aliphatic heterocycles. The average Bonchev–Trinajstić information content (AvgIpc) is 2.79. The van der Waals surface area contributed by atoms with E-state index >= 15 is 0 Å². The molecule has 1 aromatic heterocycles. The molecule has 0 saturated carbocycles. The van der Waals surface area contributed by atoms with Crippen LogP contribution in [0.1, 0.15) is 32.4 Å². The van der Waals surface area contributed by atoms with Crippen molar-refractivity contribution in [2.75, 3.05) is 13.1 Å². The standard InChI is InChI=1S/C13H24N4/c1-3-11-9-16(8-6-13(11)14)10-12-5-7-15-17(12)4-2/h5,7,11,13H,3-4,6,8-10,14H2,1-2H3. The number of aryl methyl sites for hydroxylation is 1. The fourth-order valence-corrected chi connectivity index (χ4v) is 2.71. The molecule has 0 spiro atoms. The summed E-state index contributed by atoms with van der Waals surface area (Å²) in [5, 5.41) is 4.32. The van der Waals surface area contributed by atoms with Gasteiger partial charge in [-0.15, -0.1) is 0 Å². The molecule has 2 unspecified atom stereocenters. The van der Waals surface area contributed by atoms with E-state index in [1.165, 1.54) is 12.1 Å². The fourth-order valence-electron chi connectivity index (χ4n) is 2.71. The maximum atomic E-state index is 6.14. The van der Waals surface area contributed by atoms with Crippen molar-refractivity contribution in [1.82, 2.24) is 14.7 Å². The van der Waals surface area contributed by atoms with E-state index in [0.717, 1.165) is 32.6 Å². The van der Waals surface area contributed by atoms with Crippen molar-refractivity contribution in [3.8, 4) is 0 Å². The number of hydrogen-bond acceptors (Lipinski definition) is 3. The zero-order valence-electron chi connectivity index (χ0n) is 11.0. The van der Waals surface area contributed by atoms with Crippen molar-refractivity contribution < 1.29 is 0 Å². The molecular weight excluding hydrogens is 212 g/mol. The summed E-state index contributed by atoms with van der Waals surface area (Å²) in [6, 6.07) is 2.52. The molecule has 1 aromatic rings. The van der Waals surface area contributed by atoms with Gasteiger partial charge in [-0.2, -0.15) is 5.10 Å². The van der Waals surface area contributed by atoms with Gasteiger partial charge in [0.15, 0.2) is 0 Å². The third-order valence-electron chi connectivity index (χ3n) is 3.89. The van der Waals surface area contributed by atoms with Gasteiger partial charge < -0.3 is 5.73 Å². The van der Waals surface area contributed by atoms with Crippen LogP contribution in [-0.4, -0.2) is 33.8 Å². The number of piperidine rings is 1. The second kappa shape index (κ2) is 5.65. The van der Waals surface area contributed by atoms with E-state index in [0.29, 0.717) is 12.0 Å². The summed E-state index contributed by atoms with van der Waals surface area (Å²) in [7, 11) is 0. The monoisotopic (exact) mass is 236 g/mol. The molecule has 0 amide bonds. The van der Waals surface area contributed by atoms with Crippen LogP contribution in [-0.2, 0) is 13.1 Å². The lowest BCUT2D eigenvalue weighted by molar-refractivity contribution is 0.142. The first-order valence-electron chi connectivity index (χ1n) is 6.73. The van der Waals surface area contributed by atoms with Crippen molar-refractivity contribution in [1.29, 1.82) is 0 Å². The topological polar surface area (TPSA) is 47.1 Å². The molecule has 0 radical (unpaired) electrons. The normalized spacial score (nSPS) is 26.3. The van der Waals surface area contributed by atoms with Crippen molar-refractivity contribution in [2.45, 2.75) is 45.8 Å². The largest absolute Gasteiger partial charge is 0.327 e. The van der Waals surface area contributed by atoms with Crippen LogP contribution in [0.25, 0.3) is 0 Å².